The Morgan fingerprint density at radius 2 is 0.824 bits per heavy atom. The molecule has 0 bridgehead atoms. The minimum atomic E-state index is 0.403. The van der Waals surface area contributed by atoms with Crippen molar-refractivity contribution in [3.63, 3.8) is 0 Å². The van der Waals surface area contributed by atoms with Crippen LogP contribution in [0.3, 0.4) is 0 Å². The maximum absolute atomic E-state index is 5.87. The van der Waals surface area contributed by atoms with E-state index in [4.69, 9.17) is 25.4 Å². The smallest absolute Gasteiger partial charge is 0.222 e. The van der Waals surface area contributed by atoms with Crippen LogP contribution in [0.4, 0.5) is 11.4 Å². The molecule has 6 aromatic carbocycles. The Balaban J connectivity index is 0.000000198. The lowest BCUT2D eigenvalue weighted by atomic mass is 10.2. The summed E-state index contributed by atoms with van der Waals surface area (Å²) in [5, 5.41) is 0. The average Bonchev–Trinajstić information content (AvgIpc) is 3.18. The third kappa shape index (κ3) is 13.2. The predicted octanol–water partition coefficient (Wildman–Crippen LogP) is 11.4. The van der Waals surface area contributed by atoms with Crippen molar-refractivity contribution in [3.05, 3.63) is 204 Å². The number of nitrogens with zero attached hydrogens (tertiary/aromatic N) is 2. The summed E-state index contributed by atoms with van der Waals surface area (Å²) in [5.74, 6) is 6.34. The number of halogens is 1. The van der Waals surface area contributed by atoms with Crippen LogP contribution in [0.2, 0.25) is 0 Å². The lowest BCUT2D eigenvalue weighted by molar-refractivity contribution is 0.478. The van der Waals surface area contributed by atoms with Crippen LogP contribution in [0.1, 0.15) is 5.56 Å². The largest absolute Gasteiger partial charge is 0.465 e. The van der Waals surface area contributed by atoms with E-state index in [2.05, 4.69) is 38.5 Å². The molecule has 51 heavy (non-hydrogen) atoms. The second kappa shape index (κ2) is 20.2. The van der Waals surface area contributed by atoms with E-state index in [1.807, 2.05) is 170 Å². The highest BCUT2D eigenvalue weighted by Gasteiger charge is 2.02. The van der Waals surface area contributed by atoms with Gasteiger partial charge in [-0.05, 0) is 120 Å². The molecule has 0 spiro atoms. The number of benzene rings is 6. The number of rotatable bonds is 10. The molecule has 0 N–H and O–H groups in total. The fraction of sp³-hybridized carbons (Fsp3) is 0. The molecule has 250 valence electrons. The Hall–Kier alpha value is -6.37. The van der Waals surface area contributed by atoms with Gasteiger partial charge in [-0.2, -0.15) is 0 Å². The Kier molecular flexibility index (Phi) is 14.2. The quantitative estimate of drug-likeness (QED) is 0.0457. The van der Waals surface area contributed by atoms with E-state index in [0.29, 0.717) is 17.5 Å². The first-order chi connectivity index (χ1) is 25.1. The van der Waals surface area contributed by atoms with Gasteiger partial charge in [-0.1, -0.05) is 78.7 Å². The van der Waals surface area contributed by atoms with Crippen molar-refractivity contribution < 1.29 is 18.9 Å². The molecule has 0 unspecified atom stereocenters. The minimum absolute atomic E-state index is 0.403. The Labute approximate surface area is 312 Å². The molecule has 7 heteroatoms. The van der Waals surface area contributed by atoms with Gasteiger partial charge >= 0.3 is 0 Å². The van der Waals surface area contributed by atoms with Gasteiger partial charge in [-0.25, -0.2) is 9.98 Å². The van der Waals surface area contributed by atoms with Crippen molar-refractivity contribution in [3.8, 4) is 35.3 Å². The third-order valence-corrected chi connectivity index (χ3v) is 7.31. The highest BCUT2D eigenvalue weighted by molar-refractivity contribution is 14.1. The highest BCUT2D eigenvalue weighted by Crippen LogP contribution is 2.19. The van der Waals surface area contributed by atoms with Crippen molar-refractivity contribution in [2.45, 2.75) is 0 Å². The van der Waals surface area contributed by atoms with Crippen molar-refractivity contribution in [1.82, 2.24) is 0 Å². The van der Waals surface area contributed by atoms with Gasteiger partial charge in [0.1, 0.15) is 23.0 Å². The van der Waals surface area contributed by atoms with Crippen LogP contribution in [-0.4, -0.2) is 11.8 Å². The van der Waals surface area contributed by atoms with E-state index in [1.165, 1.54) is 0 Å². The summed E-state index contributed by atoms with van der Waals surface area (Å²) < 4.78 is 24.1. The van der Waals surface area contributed by atoms with Crippen molar-refractivity contribution in [1.29, 1.82) is 0 Å². The number of hydrogen-bond donors (Lipinski definition) is 0. The Morgan fingerprint density at radius 1 is 0.471 bits per heavy atom. The van der Waals surface area contributed by atoms with Gasteiger partial charge < -0.3 is 18.9 Å². The molecule has 0 aromatic heterocycles. The van der Waals surface area contributed by atoms with Gasteiger partial charge in [0.25, 0.3) is 0 Å². The summed E-state index contributed by atoms with van der Waals surface area (Å²) in [6.07, 6.45) is 11.9. The molecule has 6 nitrogen and oxygen atoms in total. The minimum Gasteiger partial charge on any atom is -0.465 e. The molecular weight excluding hydrogens is 747 g/mol. The molecule has 0 fully saturated rings. The molecule has 0 atom stereocenters. The molecule has 0 aliphatic heterocycles. The zero-order chi connectivity index (χ0) is 35.4. The third-order valence-electron chi connectivity index (χ3n) is 6.59. The fourth-order valence-electron chi connectivity index (χ4n) is 4.15. The van der Waals surface area contributed by atoms with Gasteiger partial charge in [0.2, 0.25) is 11.8 Å². The number of hydrogen-bond acceptors (Lipinski definition) is 6. The van der Waals surface area contributed by atoms with Crippen LogP contribution in [0, 0.1) is 15.9 Å². The molecule has 6 rings (SSSR count). The standard InChI is InChI=1S/C23H17NO2.C21H16INO2/c1-2-19-13-15-20(16-14-19)24-23(26-22-11-7-4-8-12-22)17-18-25-21-9-5-3-6-10-21;22-17-11-13-18(14-12-17)23-21(25-20-9-5-2-6-10-20)15-16-24-19-7-3-1-4-8-19/h1,3-18H;1-16H. The normalized spacial score (nSPS) is 11.3. The maximum atomic E-state index is 5.87. The van der Waals surface area contributed by atoms with E-state index < -0.39 is 0 Å². The van der Waals surface area contributed by atoms with E-state index in [1.54, 1.807) is 24.7 Å². The van der Waals surface area contributed by atoms with E-state index in [9.17, 15) is 0 Å². The fourth-order valence-corrected chi connectivity index (χ4v) is 4.51. The number of aliphatic imine (C=N–C) groups is 2. The summed E-state index contributed by atoms with van der Waals surface area (Å²) in [6.45, 7) is 0. The topological polar surface area (TPSA) is 61.6 Å². The van der Waals surface area contributed by atoms with E-state index in [0.717, 1.165) is 37.8 Å². The monoisotopic (exact) mass is 780 g/mol. The molecule has 0 aliphatic carbocycles. The van der Waals surface area contributed by atoms with E-state index >= 15 is 0 Å². The SMILES string of the molecule is C#Cc1ccc(N=C(C=COc2ccccc2)Oc2ccccc2)cc1.Ic1ccc(N=C(C=COc2ccccc2)Oc2ccccc2)cc1. The van der Waals surface area contributed by atoms with Crippen molar-refractivity contribution in [2.24, 2.45) is 9.98 Å². The van der Waals surface area contributed by atoms with Crippen LogP contribution in [0.5, 0.6) is 23.0 Å². The molecule has 0 amide bonds. The van der Waals surface area contributed by atoms with Crippen LogP contribution in [0.15, 0.2) is 205 Å². The van der Waals surface area contributed by atoms with Gasteiger partial charge in [0, 0.05) is 21.3 Å². The van der Waals surface area contributed by atoms with Gasteiger partial charge in [0.15, 0.2) is 0 Å². The molecule has 0 radical (unpaired) electrons. The van der Waals surface area contributed by atoms with Gasteiger partial charge in [-0.15, -0.1) is 6.42 Å². The maximum Gasteiger partial charge on any atom is 0.222 e. The predicted molar refractivity (Wildman–Crippen MR) is 214 cm³/mol. The van der Waals surface area contributed by atoms with Gasteiger partial charge in [-0.3, -0.25) is 0 Å². The first-order valence-electron chi connectivity index (χ1n) is 15.8. The molecule has 0 saturated heterocycles. The Bertz CT molecular complexity index is 2080. The zero-order valence-corrected chi connectivity index (χ0v) is 29.6. The summed E-state index contributed by atoms with van der Waals surface area (Å²) in [5.41, 5.74) is 2.35. The van der Waals surface area contributed by atoms with Crippen LogP contribution < -0.4 is 18.9 Å². The second-order valence-corrected chi connectivity index (χ2v) is 11.6. The number of terminal acetylenes is 1. The van der Waals surface area contributed by atoms with Crippen LogP contribution in [-0.2, 0) is 0 Å². The average molecular weight is 781 g/mol. The molecule has 0 saturated carbocycles. The van der Waals surface area contributed by atoms with Crippen molar-refractivity contribution in [2.75, 3.05) is 0 Å². The summed E-state index contributed by atoms with van der Waals surface area (Å²) in [4.78, 5) is 9.07. The highest BCUT2D eigenvalue weighted by atomic mass is 127. The molecule has 0 heterocycles. The lowest BCUT2D eigenvalue weighted by Crippen LogP contribution is -2.05. The zero-order valence-electron chi connectivity index (χ0n) is 27.5. The number of para-hydroxylation sites is 4. The number of ether oxygens (including phenoxy) is 4. The summed E-state index contributed by atoms with van der Waals surface area (Å²) >= 11 is 2.26. The molecule has 0 aliphatic rings. The van der Waals surface area contributed by atoms with Gasteiger partial charge in [0.05, 0.1) is 23.9 Å². The lowest BCUT2D eigenvalue weighted by Gasteiger charge is -2.06. The van der Waals surface area contributed by atoms with Crippen LogP contribution >= 0.6 is 22.6 Å². The summed E-state index contributed by atoms with van der Waals surface area (Å²) in [7, 11) is 0. The first kappa shape index (κ1) is 35.9. The van der Waals surface area contributed by atoms with Crippen LogP contribution in [0.25, 0.3) is 0 Å². The Morgan fingerprint density at radius 3 is 1.20 bits per heavy atom. The summed E-state index contributed by atoms with van der Waals surface area (Å²) in [6, 6.07) is 53.3. The molecule has 6 aromatic rings. The van der Waals surface area contributed by atoms with Crippen molar-refractivity contribution >= 4 is 45.8 Å². The van der Waals surface area contributed by atoms with E-state index in [-0.39, 0.29) is 0 Å². The molecular formula is C44H33IN2O4. The first-order valence-corrected chi connectivity index (χ1v) is 16.9. The second-order valence-electron chi connectivity index (χ2n) is 10.4.